The number of halogens is 1. The molecule has 0 bridgehead atoms. The molecule has 3 N–H and O–H groups in total. The van der Waals surface area contributed by atoms with E-state index in [-0.39, 0.29) is 24.6 Å². The minimum Gasteiger partial charge on any atom is -0.489 e. The van der Waals surface area contributed by atoms with Crippen molar-refractivity contribution in [3.63, 3.8) is 0 Å². The average Bonchev–Trinajstić information content (AvgIpc) is 2.60. The van der Waals surface area contributed by atoms with Gasteiger partial charge in [-0.3, -0.25) is 0 Å². The lowest BCUT2D eigenvalue weighted by molar-refractivity contribution is 0.207. The van der Waals surface area contributed by atoms with E-state index in [0.29, 0.717) is 18.8 Å². The second-order valence-electron chi connectivity index (χ2n) is 5.42. The summed E-state index contributed by atoms with van der Waals surface area (Å²) in [4.78, 5) is 11.8. The van der Waals surface area contributed by atoms with Crippen LogP contribution in [0.5, 0.6) is 5.75 Å². The Morgan fingerprint density at radius 1 is 1.17 bits per heavy atom. The Morgan fingerprint density at radius 2 is 1.88 bits per heavy atom. The van der Waals surface area contributed by atoms with Gasteiger partial charge in [0, 0.05) is 6.54 Å². The van der Waals surface area contributed by atoms with Gasteiger partial charge in [-0.15, -0.1) is 0 Å². The number of hydrogen-bond acceptors (Lipinski definition) is 3. The van der Waals surface area contributed by atoms with Gasteiger partial charge in [-0.2, -0.15) is 0 Å². The smallest absolute Gasteiger partial charge is 0.315 e. The highest BCUT2D eigenvalue weighted by Gasteiger charge is 2.07. The second kappa shape index (κ2) is 8.88. The van der Waals surface area contributed by atoms with Gasteiger partial charge in [-0.25, -0.2) is 9.18 Å². The van der Waals surface area contributed by atoms with Crippen molar-refractivity contribution >= 4 is 6.03 Å². The molecular weight excluding hydrogens is 311 g/mol. The first-order valence-corrected chi connectivity index (χ1v) is 7.69. The molecule has 0 heterocycles. The Bertz CT molecular complexity index is 662. The Kier molecular flexibility index (Phi) is 6.57. The van der Waals surface area contributed by atoms with E-state index in [1.807, 2.05) is 31.2 Å². The van der Waals surface area contributed by atoms with Crippen LogP contribution in [-0.4, -0.2) is 23.8 Å². The van der Waals surface area contributed by atoms with Gasteiger partial charge in [0.05, 0.1) is 13.2 Å². The standard InChI is InChI=1S/C18H21FN2O3/c1-13(24-17-7-5-16(19)6-8-17)10-20-18(23)21-11-14-3-2-4-15(9-14)12-22/h2-9,13,22H,10-12H2,1H3,(H2,20,21,23)/t13-/m0/s1. The maximum atomic E-state index is 12.8. The van der Waals surface area contributed by atoms with Crippen LogP contribution in [0.2, 0.25) is 0 Å². The summed E-state index contributed by atoms with van der Waals surface area (Å²) < 4.78 is 18.4. The zero-order valence-corrected chi connectivity index (χ0v) is 13.5. The number of carbonyl (C=O) groups is 1. The van der Waals surface area contributed by atoms with Crippen LogP contribution < -0.4 is 15.4 Å². The summed E-state index contributed by atoms with van der Waals surface area (Å²) >= 11 is 0. The number of ether oxygens (including phenoxy) is 1. The van der Waals surface area contributed by atoms with Gasteiger partial charge < -0.3 is 20.5 Å². The summed E-state index contributed by atoms with van der Waals surface area (Å²) in [7, 11) is 0. The van der Waals surface area contributed by atoms with Gasteiger partial charge in [-0.1, -0.05) is 24.3 Å². The molecule has 6 heteroatoms. The van der Waals surface area contributed by atoms with Crippen molar-refractivity contribution in [2.75, 3.05) is 6.54 Å². The molecule has 0 saturated carbocycles. The van der Waals surface area contributed by atoms with Crippen LogP contribution >= 0.6 is 0 Å². The molecule has 24 heavy (non-hydrogen) atoms. The normalized spacial score (nSPS) is 11.6. The largest absolute Gasteiger partial charge is 0.489 e. The van der Waals surface area contributed by atoms with Gasteiger partial charge in [0.1, 0.15) is 17.7 Å². The van der Waals surface area contributed by atoms with E-state index in [1.54, 1.807) is 12.1 Å². The van der Waals surface area contributed by atoms with E-state index < -0.39 is 0 Å². The van der Waals surface area contributed by atoms with E-state index in [9.17, 15) is 9.18 Å². The van der Waals surface area contributed by atoms with E-state index >= 15 is 0 Å². The number of rotatable bonds is 7. The molecule has 2 rings (SSSR count). The average molecular weight is 332 g/mol. The first-order valence-electron chi connectivity index (χ1n) is 7.69. The lowest BCUT2D eigenvalue weighted by atomic mass is 10.1. The minimum absolute atomic E-state index is 0.0295. The highest BCUT2D eigenvalue weighted by molar-refractivity contribution is 5.73. The van der Waals surface area contributed by atoms with Gasteiger partial charge in [0.25, 0.3) is 0 Å². The van der Waals surface area contributed by atoms with Crippen LogP contribution in [0.15, 0.2) is 48.5 Å². The molecule has 2 amide bonds. The molecule has 0 unspecified atom stereocenters. The van der Waals surface area contributed by atoms with Gasteiger partial charge in [0.15, 0.2) is 0 Å². The highest BCUT2D eigenvalue weighted by atomic mass is 19.1. The molecule has 0 aliphatic rings. The molecule has 2 aromatic carbocycles. The summed E-state index contributed by atoms with van der Waals surface area (Å²) in [6.07, 6.45) is -0.251. The third-order valence-corrected chi connectivity index (χ3v) is 3.33. The summed E-state index contributed by atoms with van der Waals surface area (Å²) in [5.41, 5.74) is 1.71. The number of amides is 2. The van der Waals surface area contributed by atoms with Crippen molar-refractivity contribution in [3.05, 3.63) is 65.5 Å². The number of urea groups is 1. The number of hydrogen-bond donors (Lipinski definition) is 3. The quantitative estimate of drug-likeness (QED) is 0.730. The van der Waals surface area contributed by atoms with Crippen molar-refractivity contribution in [1.29, 1.82) is 0 Å². The molecule has 0 aliphatic heterocycles. The molecular formula is C18H21FN2O3. The number of aliphatic hydroxyl groups excluding tert-OH is 1. The predicted octanol–water partition coefficient (Wildman–Crippen LogP) is 2.58. The fraction of sp³-hybridized carbons (Fsp3) is 0.278. The van der Waals surface area contributed by atoms with E-state index in [0.717, 1.165) is 11.1 Å². The van der Waals surface area contributed by atoms with Crippen LogP contribution in [0.1, 0.15) is 18.1 Å². The molecule has 0 spiro atoms. The topological polar surface area (TPSA) is 70.6 Å². The molecule has 0 fully saturated rings. The first-order chi connectivity index (χ1) is 11.6. The Labute approximate surface area is 140 Å². The summed E-state index contributed by atoms with van der Waals surface area (Å²) in [5, 5.41) is 14.5. The van der Waals surface area contributed by atoms with Crippen molar-refractivity contribution in [3.8, 4) is 5.75 Å². The van der Waals surface area contributed by atoms with Crippen molar-refractivity contribution < 1.29 is 19.0 Å². The molecule has 5 nitrogen and oxygen atoms in total. The predicted molar refractivity (Wildman–Crippen MR) is 89.1 cm³/mol. The number of carbonyl (C=O) groups excluding carboxylic acids is 1. The zero-order valence-electron chi connectivity index (χ0n) is 13.5. The number of nitrogens with one attached hydrogen (secondary N) is 2. The Hall–Kier alpha value is -2.60. The lowest BCUT2D eigenvalue weighted by Gasteiger charge is -2.16. The molecule has 128 valence electrons. The number of benzene rings is 2. The third-order valence-electron chi connectivity index (χ3n) is 3.33. The zero-order chi connectivity index (χ0) is 17.4. The van der Waals surface area contributed by atoms with Crippen molar-refractivity contribution in [1.82, 2.24) is 10.6 Å². The Balaban J connectivity index is 1.71. The monoisotopic (exact) mass is 332 g/mol. The maximum absolute atomic E-state index is 12.8. The van der Waals surface area contributed by atoms with Crippen LogP contribution in [0, 0.1) is 5.82 Å². The number of aliphatic hydroxyl groups is 1. The fourth-order valence-corrected chi connectivity index (χ4v) is 2.11. The summed E-state index contributed by atoms with van der Waals surface area (Å²) in [6.45, 7) is 2.47. The SMILES string of the molecule is C[C@@H](CNC(=O)NCc1cccc(CO)c1)Oc1ccc(F)cc1. The van der Waals surface area contributed by atoms with Crippen molar-refractivity contribution in [2.45, 2.75) is 26.2 Å². The molecule has 0 radical (unpaired) electrons. The molecule has 2 aromatic rings. The van der Waals surface area contributed by atoms with Crippen molar-refractivity contribution in [2.24, 2.45) is 0 Å². The van der Waals surface area contributed by atoms with E-state index in [1.165, 1.54) is 12.1 Å². The third kappa shape index (κ3) is 5.89. The maximum Gasteiger partial charge on any atom is 0.315 e. The van der Waals surface area contributed by atoms with Gasteiger partial charge in [-0.05, 0) is 42.3 Å². The molecule has 1 atom stereocenters. The highest BCUT2D eigenvalue weighted by Crippen LogP contribution is 2.12. The van der Waals surface area contributed by atoms with E-state index in [2.05, 4.69) is 10.6 Å². The van der Waals surface area contributed by atoms with Crippen LogP contribution in [0.3, 0.4) is 0 Å². The molecule has 0 aliphatic carbocycles. The second-order valence-corrected chi connectivity index (χ2v) is 5.42. The van der Waals surface area contributed by atoms with Crippen LogP contribution in [-0.2, 0) is 13.2 Å². The lowest BCUT2D eigenvalue weighted by Crippen LogP contribution is -2.40. The van der Waals surface area contributed by atoms with Crippen LogP contribution in [0.25, 0.3) is 0 Å². The minimum atomic E-state index is -0.322. The molecule has 0 saturated heterocycles. The Morgan fingerprint density at radius 3 is 2.58 bits per heavy atom. The fourth-order valence-electron chi connectivity index (χ4n) is 2.11. The van der Waals surface area contributed by atoms with Gasteiger partial charge >= 0.3 is 6.03 Å². The summed E-state index contributed by atoms with van der Waals surface area (Å²) in [6, 6.07) is 12.8. The van der Waals surface area contributed by atoms with Gasteiger partial charge in [0.2, 0.25) is 0 Å². The van der Waals surface area contributed by atoms with E-state index in [4.69, 9.17) is 9.84 Å². The molecule has 0 aromatic heterocycles. The summed E-state index contributed by atoms with van der Waals surface area (Å²) in [5.74, 6) is 0.227. The van der Waals surface area contributed by atoms with Crippen LogP contribution in [0.4, 0.5) is 9.18 Å². The first kappa shape index (κ1) is 17.7.